The van der Waals surface area contributed by atoms with E-state index in [0.29, 0.717) is 5.41 Å². The van der Waals surface area contributed by atoms with Crippen molar-refractivity contribution in [2.45, 2.75) is 39.5 Å². The van der Waals surface area contributed by atoms with Crippen molar-refractivity contribution in [3.63, 3.8) is 0 Å². The van der Waals surface area contributed by atoms with Gasteiger partial charge in [-0.15, -0.1) is 0 Å². The van der Waals surface area contributed by atoms with Gasteiger partial charge in [0.05, 0.1) is 0 Å². The fourth-order valence-corrected chi connectivity index (χ4v) is 3.20. The van der Waals surface area contributed by atoms with Gasteiger partial charge < -0.3 is 5.32 Å². The number of hydrogen-bond acceptors (Lipinski definition) is 1. The highest BCUT2D eigenvalue weighted by Gasteiger charge is 2.42. The van der Waals surface area contributed by atoms with Crippen LogP contribution in [-0.2, 0) is 0 Å². The molecular formula is C11H21N. The summed E-state index contributed by atoms with van der Waals surface area (Å²) in [6.07, 6.45) is 5.82. The molecule has 2 rings (SSSR count). The third kappa shape index (κ3) is 1.28. The minimum absolute atomic E-state index is 0.692. The molecule has 12 heavy (non-hydrogen) atoms. The monoisotopic (exact) mass is 167 g/mol. The molecule has 1 nitrogen and oxygen atoms in total. The van der Waals surface area contributed by atoms with Crippen molar-refractivity contribution in [2.24, 2.45) is 17.3 Å². The summed E-state index contributed by atoms with van der Waals surface area (Å²) in [7, 11) is 0. The molecule has 0 bridgehead atoms. The van der Waals surface area contributed by atoms with E-state index in [4.69, 9.17) is 0 Å². The van der Waals surface area contributed by atoms with Crippen LogP contribution in [0.1, 0.15) is 39.5 Å². The Morgan fingerprint density at radius 3 is 2.75 bits per heavy atom. The predicted octanol–water partition coefficient (Wildman–Crippen LogP) is 2.42. The summed E-state index contributed by atoms with van der Waals surface area (Å²) in [5.41, 5.74) is 0.692. The highest BCUT2D eigenvalue weighted by atomic mass is 14.9. The Hall–Kier alpha value is -0.0400. The summed E-state index contributed by atoms with van der Waals surface area (Å²) in [5, 5.41) is 3.53. The van der Waals surface area contributed by atoms with Crippen molar-refractivity contribution in [3.05, 3.63) is 0 Å². The van der Waals surface area contributed by atoms with Gasteiger partial charge in [0.2, 0.25) is 0 Å². The number of rotatable bonds is 0. The van der Waals surface area contributed by atoms with Crippen molar-refractivity contribution < 1.29 is 0 Å². The predicted molar refractivity (Wildman–Crippen MR) is 52.1 cm³/mol. The van der Waals surface area contributed by atoms with Crippen molar-refractivity contribution in [1.29, 1.82) is 0 Å². The maximum Gasteiger partial charge on any atom is 0.00109 e. The van der Waals surface area contributed by atoms with Crippen LogP contribution < -0.4 is 5.32 Å². The summed E-state index contributed by atoms with van der Waals surface area (Å²) < 4.78 is 0. The molecule has 1 heterocycles. The third-order valence-electron chi connectivity index (χ3n) is 4.17. The lowest BCUT2D eigenvalue weighted by Gasteiger charge is -2.42. The Bertz CT molecular complexity index is 158. The van der Waals surface area contributed by atoms with Crippen LogP contribution in [0.15, 0.2) is 0 Å². The van der Waals surface area contributed by atoms with Crippen molar-refractivity contribution in [2.75, 3.05) is 13.1 Å². The van der Waals surface area contributed by atoms with Crippen LogP contribution >= 0.6 is 0 Å². The van der Waals surface area contributed by atoms with E-state index in [9.17, 15) is 0 Å². The van der Waals surface area contributed by atoms with E-state index in [1.807, 2.05) is 0 Å². The zero-order valence-electron chi connectivity index (χ0n) is 8.40. The second-order valence-corrected chi connectivity index (χ2v) is 5.08. The lowest BCUT2D eigenvalue weighted by Crippen LogP contribution is -2.36. The molecule has 1 heteroatoms. The molecule has 1 saturated heterocycles. The SMILES string of the molecule is CC1CCC(C)C2(CCNC2)C1. The Morgan fingerprint density at radius 2 is 2.08 bits per heavy atom. The summed E-state index contributed by atoms with van der Waals surface area (Å²) >= 11 is 0. The first kappa shape index (κ1) is 8.55. The first-order valence-corrected chi connectivity index (χ1v) is 5.44. The lowest BCUT2D eigenvalue weighted by atomic mass is 9.63. The highest BCUT2D eigenvalue weighted by Crippen LogP contribution is 2.47. The van der Waals surface area contributed by atoms with E-state index in [2.05, 4.69) is 19.2 Å². The fraction of sp³-hybridized carbons (Fsp3) is 1.00. The molecule has 0 aromatic heterocycles. The minimum atomic E-state index is 0.692. The van der Waals surface area contributed by atoms with Gasteiger partial charge >= 0.3 is 0 Å². The van der Waals surface area contributed by atoms with E-state index in [1.165, 1.54) is 38.8 Å². The van der Waals surface area contributed by atoms with Crippen LogP contribution in [0.25, 0.3) is 0 Å². The van der Waals surface area contributed by atoms with Crippen LogP contribution in [0.3, 0.4) is 0 Å². The average molecular weight is 167 g/mol. The quantitative estimate of drug-likeness (QED) is 0.584. The largest absolute Gasteiger partial charge is 0.316 e. The molecule has 1 spiro atoms. The molecule has 2 fully saturated rings. The zero-order chi connectivity index (χ0) is 8.60. The Balaban J connectivity index is 2.09. The first-order valence-electron chi connectivity index (χ1n) is 5.44. The molecule has 1 N–H and O–H groups in total. The Morgan fingerprint density at radius 1 is 1.25 bits per heavy atom. The van der Waals surface area contributed by atoms with Gasteiger partial charge in [0.25, 0.3) is 0 Å². The number of hydrogen-bond donors (Lipinski definition) is 1. The molecule has 1 saturated carbocycles. The summed E-state index contributed by atoms with van der Waals surface area (Å²) in [5.74, 6) is 1.93. The van der Waals surface area contributed by atoms with Crippen LogP contribution in [0.2, 0.25) is 0 Å². The van der Waals surface area contributed by atoms with E-state index in [-0.39, 0.29) is 0 Å². The maximum absolute atomic E-state index is 3.53. The Labute approximate surface area is 75.9 Å². The van der Waals surface area contributed by atoms with Gasteiger partial charge in [0.1, 0.15) is 0 Å². The molecule has 0 aromatic carbocycles. The standard InChI is InChI=1S/C11H21N/c1-9-3-4-10(2)11(7-9)5-6-12-8-11/h9-10,12H,3-8H2,1-2H3. The summed E-state index contributed by atoms with van der Waals surface area (Å²) in [6.45, 7) is 7.43. The topological polar surface area (TPSA) is 12.0 Å². The van der Waals surface area contributed by atoms with E-state index in [0.717, 1.165) is 11.8 Å². The van der Waals surface area contributed by atoms with Crippen molar-refractivity contribution in [3.8, 4) is 0 Å². The van der Waals surface area contributed by atoms with Crippen molar-refractivity contribution >= 4 is 0 Å². The third-order valence-corrected chi connectivity index (χ3v) is 4.17. The molecule has 0 radical (unpaired) electrons. The van der Waals surface area contributed by atoms with Crippen molar-refractivity contribution in [1.82, 2.24) is 5.32 Å². The molecular weight excluding hydrogens is 146 g/mol. The zero-order valence-corrected chi connectivity index (χ0v) is 8.40. The van der Waals surface area contributed by atoms with Gasteiger partial charge in [0, 0.05) is 6.54 Å². The molecule has 70 valence electrons. The Kier molecular flexibility index (Phi) is 2.16. The molecule has 2 aliphatic rings. The molecule has 1 aliphatic carbocycles. The molecule has 3 atom stereocenters. The smallest absolute Gasteiger partial charge is 0.00109 e. The second-order valence-electron chi connectivity index (χ2n) is 5.08. The highest BCUT2D eigenvalue weighted by molar-refractivity contribution is 4.95. The van der Waals surface area contributed by atoms with Crippen LogP contribution in [-0.4, -0.2) is 13.1 Å². The minimum Gasteiger partial charge on any atom is -0.316 e. The normalized spacial score (nSPS) is 48.5. The van der Waals surface area contributed by atoms with E-state index >= 15 is 0 Å². The van der Waals surface area contributed by atoms with Crippen LogP contribution in [0.4, 0.5) is 0 Å². The van der Waals surface area contributed by atoms with Gasteiger partial charge in [0.15, 0.2) is 0 Å². The molecule has 0 amide bonds. The fourth-order valence-electron chi connectivity index (χ4n) is 3.20. The molecule has 1 aliphatic heterocycles. The van der Waals surface area contributed by atoms with E-state index in [1.54, 1.807) is 0 Å². The summed E-state index contributed by atoms with van der Waals surface area (Å²) in [4.78, 5) is 0. The maximum atomic E-state index is 3.53. The molecule has 0 aromatic rings. The van der Waals surface area contributed by atoms with Gasteiger partial charge in [-0.05, 0) is 43.1 Å². The summed E-state index contributed by atoms with van der Waals surface area (Å²) in [6, 6.07) is 0. The van der Waals surface area contributed by atoms with Gasteiger partial charge in [-0.25, -0.2) is 0 Å². The average Bonchev–Trinajstić information content (AvgIpc) is 2.48. The van der Waals surface area contributed by atoms with Gasteiger partial charge in [-0.1, -0.05) is 20.3 Å². The van der Waals surface area contributed by atoms with Gasteiger partial charge in [-0.3, -0.25) is 0 Å². The van der Waals surface area contributed by atoms with Crippen LogP contribution in [0.5, 0.6) is 0 Å². The van der Waals surface area contributed by atoms with E-state index < -0.39 is 0 Å². The van der Waals surface area contributed by atoms with Gasteiger partial charge in [-0.2, -0.15) is 0 Å². The lowest BCUT2D eigenvalue weighted by molar-refractivity contribution is 0.0957. The molecule has 3 unspecified atom stereocenters. The van der Waals surface area contributed by atoms with Crippen LogP contribution in [0, 0.1) is 17.3 Å². The second kappa shape index (κ2) is 3.02. The first-order chi connectivity index (χ1) is 5.73. The number of nitrogens with one attached hydrogen (secondary N) is 1.